The monoisotopic (exact) mass is 380 g/mol. The third kappa shape index (κ3) is 7.16. The van der Waals surface area contributed by atoms with Crippen molar-refractivity contribution in [3.05, 3.63) is 23.9 Å². The van der Waals surface area contributed by atoms with E-state index < -0.39 is 0 Å². The van der Waals surface area contributed by atoms with Crippen LogP contribution in [0.15, 0.2) is 23.3 Å². The smallest absolute Gasteiger partial charge is 0.212 e. The molecule has 0 aliphatic heterocycles. The Balaban J connectivity index is 0.00000324. The minimum atomic E-state index is 0. The summed E-state index contributed by atoms with van der Waals surface area (Å²) in [5.74, 6) is 0.984. The Morgan fingerprint density at radius 2 is 2.21 bits per heavy atom. The fourth-order valence-corrected chi connectivity index (χ4v) is 1.39. The molecule has 0 aromatic carbocycles. The highest BCUT2D eigenvalue weighted by Crippen LogP contribution is 2.07. The van der Waals surface area contributed by atoms with Crippen LogP contribution in [-0.2, 0) is 11.3 Å². The topological polar surface area (TPSA) is 81.8 Å². The number of nitrogens with two attached hydrogens (primary N) is 1. The molecule has 1 rings (SSSR count). The lowest BCUT2D eigenvalue weighted by Gasteiger charge is -2.12. The van der Waals surface area contributed by atoms with Gasteiger partial charge in [0.25, 0.3) is 0 Å². The Morgan fingerprint density at radius 3 is 2.74 bits per heavy atom. The minimum Gasteiger partial charge on any atom is -0.481 e. The van der Waals surface area contributed by atoms with E-state index >= 15 is 0 Å². The van der Waals surface area contributed by atoms with E-state index in [9.17, 15) is 0 Å². The SMILES string of the molecule is COCC(C)NC(N)=NCc1ccc(OC)nc1.I. The van der Waals surface area contributed by atoms with Crippen LogP contribution in [0.25, 0.3) is 0 Å². The Labute approximate surface area is 130 Å². The number of methoxy groups -OCH3 is 2. The fourth-order valence-electron chi connectivity index (χ4n) is 1.39. The van der Waals surface area contributed by atoms with Crippen molar-refractivity contribution in [2.75, 3.05) is 20.8 Å². The number of ether oxygens (including phenoxy) is 2. The first-order chi connectivity index (χ1) is 8.65. The normalized spacial score (nSPS) is 12.5. The van der Waals surface area contributed by atoms with E-state index in [-0.39, 0.29) is 30.0 Å². The first-order valence-corrected chi connectivity index (χ1v) is 5.70. The average molecular weight is 380 g/mol. The lowest BCUT2D eigenvalue weighted by Crippen LogP contribution is -2.40. The van der Waals surface area contributed by atoms with Crippen molar-refractivity contribution in [1.82, 2.24) is 10.3 Å². The predicted octanol–water partition coefficient (Wildman–Crippen LogP) is 1.15. The molecular formula is C12H21IN4O2. The van der Waals surface area contributed by atoms with Gasteiger partial charge in [-0.25, -0.2) is 9.98 Å². The Hall–Kier alpha value is -1.09. The van der Waals surface area contributed by atoms with E-state index in [0.29, 0.717) is 25.0 Å². The molecule has 3 N–H and O–H groups in total. The molecule has 0 aliphatic rings. The number of nitrogens with zero attached hydrogens (tertiary/aromatic N) is 2. The van der Waals surface area contributed by atoms with Gasteiger partial charge >= 0.3 is 0 Å². The number of rotatable bonds is 6. The number of nitrogens with one attached hydrogen (secondary N) is 1. The number of guanidine groups is 1. The number of aromatic nitrogens is 1. The van der Waals surface area contributed by atoms with Crippen LogP contribution in [-0.4, -0.2) is 37.8 Å². The largest absolute Gasteiger partial charge is 0.481 e. The van der Waals surface area contributed by atoms with Gasteiger partial charge in [-0.05, 0) is 12.5 Å². The van der Waals surface area contributed by atoms with Crippen LogP contribution in [0.1, 0.15) is 12.5 Å². The number of hydrogen-bond acceptors (Lipinski definition) is 4. The Morgan fingerprint density at radius 1 is 1.47 bits per heavy atom. The predicted molar refractivity (Wildman–Crippen MR) is 86.0 cm³/mol. The molecule has 0 aliphatic carbocycles. The first kappa shape index (κ1) is 17.9. The van der Waals surface area contributed by atoms with Gasteiger partial charge in [0.15, 0.2) is 5.96 Å². The van der Waals surface area contributed by atoms with Crippen molar-refractivity contribution >= 4 is 29.9 Å². The molecule has 0 saturated heterocycles. The summed E-state index contributed by atoms with van der Waals surface area (Å²) < 4.78 is 9.97. The summed E-state index contributed by atoms with van der Waals surface area (Å²) in [7, 11) is 3.23. The minimum absolute atomic E-state index is 0. The molecule has 0 saturated carbocycles. The van der Waals surface area contributed by atoms with Gasteiger partial charge in [-0.2, -0.15) is 0 Å². The molecule has 7 heteroatoms. The van der Waals surface area contributed by atoms with Crippen LogP contribution in [0.4, 0.5) is 0 Å². The third-order valence-corrected chi connectivity index (χ3v) is 2.25. The number of halogens is 1. The maximum atomic E-state index is 5.75. The molecular weight excluding hydrogens is 359 g/mol. The highest BCUT2D eigenvalue weighted by molar-refractivity contribution is 14.0. The summed E-state index contributed by atoms with van der Waals surface area (Å²) in [6.07, 6.45) is 1.72. The van der Waals surface area contributed by atoms with Gasteiger partial charge in [0.1, 0.15) is 0 Å². The highest BCUT2D eigenvalue weighted by atomic mass is 127. The first-order valence-electron chi connectivity index (χ1n) is 5.70. The van der Waals surface area contributed by atoms with Crippen LogP contribution < -0.4 is 15.8 Å². The molecule has 6 nitrogen and oxygen atoms in total. The van der Waals surface area contributed by atoms with E-state index in [4.69, 9.17) is 15.2 Å². The molecule has 0 spiro atoms. The zero-order valence-corrected chi connectivity index (χ0v) is 13.8. The van der Waals surface area contributed by atoms with Crippen LogP contribution in [0.3, 0.4) is 0 Å². The summed E-state index contributed by atoms with van der Waals surface area (Å²) >= 11 is 0. The Kier molecular flexibility index (Phi) is 9.23. The highest BCUT2D eigenvalue weighted by Gasteiger charge is 2.01. The van der Waals surface area contributed by atoms with Crippen molar-refractivity contribution in [3.63, 3.8) is 0 Å². The van der Waals surface area contributed by atoms with Gasteiger partial charge in [0.05, 0.1) is 20.3 Å². The van der Waals surface area contributed by atoms with Gasteiger partial charge in [-0.3, -0.25) is 0 Å². The number of aliphatic imine (C=N–C) groups is 1. The zero-order chi connectivity index (χ0) is 13.4. The zero-order valence-electron chi connectivity index (χ0n) is 11.4. The molecule has 1 aromatic heterocycles. The molecule has 108 valence electrons. The van der Waals surface area contributed by atoms with Crippen molar-refractivity contribution in [1.29, 1.82) is 0 Å². The maximum absolute atomic E-state index is 5.75. The number of pyridine rings is 1. The second kappa shape index (κ2) is 9.79. The van der Waals surface area contributed by atoms with E-state index in [0.717, 1.165) is 5.56 Å². The standard InChI is InChI=1S/C12H20N4O2.HI/c1-9(8-17-2)16-12(13)15-7-10-4-5-11(18-3)14-6-10;/h4-6,9H,7-8H2,1-3H3,(H3,13,15,16);1H. The van der Waals surface area contributed by atoms with Crippen LogP contribution >= 0.6 is 24.0 Å². The summed E-state index contributed by atoms with van der Waals surface area (Å²) in [6, 6.07) is 3.83. The van der Waals surface area contributed by atoms with Gasteiger partial charge in [0, 0.05) is 25.4 Å². The maximum Gasteiger partial charge on any atom is 0.212 e. The van der Waals surface area contributed by atoms with Crippen molar-refractivity contribution in [2.45, 2.75) is 19.5 Å². The summed E-state index contributed by atoms with van der Waals surface area (Å²) in [5, 5.41) is 3.03. The molecule has 0 fully saturated rings. The molecule has 1 unspecified atom stereocenters. The van der Waals surface area contributed by atoms with Crippen molar-refractivity contribution in [2.24, 2.45) is 10.7 Å². The molecule has 0 amide bonds. The molecule has 0 bridgehead atoms. The second-order valence-corrected chi connectivity index (χ2v) is 3.91. The lowest BCUT2D eigenvalue weighted by atomic mass is 10.3. The lowest BCUT2D eigenvalue weighted by molar-refractivity contribution is 0.179. The van der Waals surface area contributed by atoms with Gasteiger partial charge in [-0.15, -0.1) is 24.0 Å². The van der Waals surface area contributed by atoms with Gasteiger partial charge in [0.2, 0.25) is 5.88 Å². The average Bonchev–Trinajstić information content (AvgIpc) is 2.37. The summed E-state index contributed by atoms with van der Waals surface area (Å²) in [6.45, 7) is 3.04. The molecule has 1 aromatic rings. The van der Waals surface area contributed by atoms with Crippen LogP contribution in [0.5, 0.6) is 5.88 Å². The van der Waals surface area contributed by atoms with Gasteiger partial charge in [-0.1, -0.05) is 6.07 Å². The van der Waals surface area contributed by atoms with E-state index in [2.05, 4.69) is 15.3 Å². The van der Waals surface area contributed by atoms with Crippen LogP contribution in [0.2, 0.25) is 0 Å². The number of hydrogen-bond donors (Lipinski definition) is 2. The summed E-state index contributed by atoms with van der Waals surface area (Å²) in [5.41, 5.74) is 6.72. The van der Waals surface area contributed by atoms with E-state index in [1.165, 1.54) is 0 Å². The van der Waals surface area contributed by atoms with E-state index in [1.54, 1.807) is 26.5 Å². The molecule has 1 atom stereocenters. The van der Waals surface area contributed by atoms with Crippen molar-refractivity contribution in [3.8, 4) is 5.88 Å². The Bertz CT molecular complexity index is 384. The molecule has 0 radical (unpaired) electrons. The third-order valence-electron chi connectivity index (χ3n) is 2.25. The van der Waals surface area contributed by atoms with Crippen molar-refractivity contribution < 1.29 is 9.47 Å². The van der Waals surface area contributed by atoms with E-state index in [1.807, 2.05) is 13.0 Å². The van der Waals surface area contributed by atoms with Gasteiger partial charge < -0.3 is 20.5 Å². The second-order valence-electron chi connectivity index (χ2n) is 3.91. The molecule has 19 heavy (non-hydrogen) atoms. The fraction of sp³-hybridized carbons (Fsp3) is 0.500. The van der Waals surface area contributed by atoms with Crippen LogP contribution in [0, 0.1) is 0 Å². The summed E-state index contributed by atoms with van der Waals surface area (Å²) in [4.78, 5) is 8.31. The molecule has 1 heterocycles. The quantitative estimate of drug-likeness (QED) is 0.440.